The highest BCUT2D eigenvalue weighted by Gasteiger charge is 2.24. The van der Waals surface area contributed by atoms with Crippen LogP contribution in [0.3, 0.4) is 0 Å². The molecule has 4 nitrogen and oxygen atoms in total. The molecule has 1 unspecified atom stereocenters. The van der Waals surface area contributed by atoms with Crippen molar-refractivity contribution in [3.8, 4) is 0 Å². The Morgan fingerprint density at radius 1 is 0.895 bits per heavy atom. The van der Waals surface area contributed by atoms with Crippen molar-refractivity contribution in [1.82, 2.24) is 15.5 Å². The molecule has 2 heterocycles. The number of aromatic nitrogens is 2. The lowest BCUT2D eigenvalue weighted by Gasteiger charge is -2.19. The van der Waals surface area contributed by atoms with E-state index in [4.69, 9.17) is 4.52 Å². The highest BCUT2D eigenvalue weighted by atomic mass is 16.5. The Balaban J connectivity index is 1.65. The second-order valence-corrected chi connectivity index (χ2v) is 6.04. The van der Waals surface area contributed by atoms with Gasteiger partial charge in [-0.1, -0.05) is 43.7 Å². The molecule has 1 saturated carbocycles. The van der Waals surface area contributed by atoms with Crippen molar-refractivity contribution in [3.63, 3.8) is 0 Å². The summed E-state index contributed by atoms with van der Waals surface area (Å²) in [6, 6.07) is 0.295. The van der Waals surface area contributed by atoms with Gasteiger partial charge in [0, 0.05) is 5.92 Å². The monoisotopic (exact) mass is 263 g/mol. The van der Waals surface area contributed by atoms with Crippen molar-refractivity contribution in [1.29, 1.82) is 0 Å². The molecule has 1 N–H and O–H groups in total. The third-order valence-corrected chi connectivity index (χ3v) is 4.54. The molecule has 0 bridgehead atoms. The fourth-order valence-corrected chi connectivity index (χ4v) is 3.33. The summed E-state index contributed by atoms with van der Waals surface area (Å²) in [6.07, 6.45) is 12.9. The maximum Gasteiger partial charge on any atom is 0.243 e. The Hall–Kier alpha value is -0.900. The first-order valence-electron chi connectivity index (χ1n) is 8.00. The minimum Gasteiger partial charge on any atom is -0.338 e. The van der Waals surface area contributed by atoms with Crippen LogP contribution in [0.5, 0.6) is 0 Å². The lowest BCUT2D eigenvalue weighted by atomic mass is 9.91. The number of hydrogen-bond acceptors (Lipinski definition) is 4. The Kier molecular flexibility index (Phi) is 4.49. The summed E-state index contributed by atoms with van der Waals surface area (Å²) in [6.45, 7) is 1.08. The summed E-state index contributed by atoms with van der Waals surface area (Å²) in [5.74, 6) is 2.31. The van der Waals surface area contributed by atoms with Crippen LogP contribution in [0.4, 0.5) is 0 Å². The standard InChI is InChI=1S/C15H25N3O/c1-2-4-8-12(9-5-3-1)14-17-15(19-18-14)13-10-6-7-11-16-13/h12-13,16H,1-11H2. The lowest BCUT2D eigenvalue weighted by molar-refractivity contribution is 0.294. The van der Waals surface area contributed by atoms with E-state index in [0.717, 1.165) is 24.7 Å². The van der Waals surface area contributed by atoms with Gasteiger partial charge in [0.05, 0.1) is 6.04 Å². The first-order valence-corrected chi connectivity index (χ1v) is 8.00. The molecule has 1 aromatic rings. The molecule has 0 aromatic carbocycles. The van der Waals surface area contributed by atoms with Gasteiger partial charge >= 0.3 is 0 Å². The molecule has 1 aliphatic carbocycles. The Morgan fingerprint density at radius 2 is 1.63 bits per heavy atom. The van der Waals surface area contributed by atoms with Crippen LogP contribution in [0.2, 0.25) is 0 Å². The van der Waals surface area contributed by atoms with Gasteiger partial charge in [-0.25, -0.2) is 0 Å². The molecule has 1 aliphatic heterocycles. The summed E-state index contributed by atoms with van der Waals surface area (Å²) in [5.41, 5.74) is 0. The first kappa shape index (κ1) is 13.1. The van der Waals surface area contributed by atoms with Gasteiger partial charge in [0.15, 0.2) is 5.82 Å². The SMILES string of the molecule is C1CCCC(c2noc(C3CCCCN3)n2)CCC1. The third-order valence-electron chi connectivity index (χ3n) is 4.54. The fraction of sp³-hybridized carbons (Fsp3) is 0.867. The molecule has 2 aliphatic rings. The van der Waals surface area contributed by atoms with Crippen molar-refractivity contribution in [2.75, 3.05) is 6.54 Å². The van der Waals surface area contributed by atoms with E-state index in [2.05, 4.69) is 15.5 Å². The van der Waals surface area contributed by atoms with E-state index in [0.29, 0.717) is 12.0 Å². The first-order chi connectivity index (χ1) is 9.43. The van der Waals surface area contributed by atoms with Crippen LogP contribution in [0.25, 0.3) is 0 Å². The number of piperidine rings is 1. The molecule has 106 valence electrons. The summed E-state index contributed by atoms with van der Waals surface area (Å²) in [4.78, 5) is 4.69. The summed E-state index contributed by atoms with van der Waals surface area (Å²) in [7, 11) is 0. The molecule has 1 saturated heterocycles. The molecular formula is C15H25N3O. The van der Waals surface area contributed by atoms with E-state index < -0.39 is 0 Å². The number of rotatable bonds is 2. The average molecular weight is 263 g/mol. The number of nitrogens with one attached hydrogen (secondary N) is 1. The van der Waals surface area contributed by atoms with E-state index >= 15 is 0 Å². The van der Waals surface area contributed by atoms with Crippen LogP contribution in [-0.2, 0) is 0 Å². The maximum absolute atomic E-state index is 5.51. The highest BCUT2D eigenvalue weighted by molar-refractivity contribution is 4.99. The molecule has 19 heavy (non-hydrogen) atoms. The van der Waals surface area contributed by atoms with E-state index in [-0.39, 0.29) is 0 Å². The fourth-order valence-electron chi connectivity index (χ4n) is 3.33. The molecule has 0 radical (unpaired) electrons. The quantitative estimate of drug-likeness (QED) is 0.883. The minimum absolute atomic E-state index is 0.295. The largest absolute Gasteiger partial charge is 0.338 e. The molecule has 0 spiro atoms. The molecule has 2 fully saturated rings. The van der Waals surface area contributed by atoms with Crippen LogP contribution in [-0.4, -0.2) is 16.7 Å². The van der Waals surface area contributed by atoms with E-state index in [1.807, 2.05) is 0 Å². The van der Waals surface area contributed by atoms with Crippen molar-refractivity contribution in [2.45, 2.75) is 76.2 Å². The molecule has 1 atom stereocenters. The predicted octanol–water partition coefficient (Wildman–Crippen LogP) is 3.71. The van der Waals surface area contributed by atoms with Crippen LogP contribution in [0.15, 0.2) is 4.52 Å². The van der Waals surface area contributed by atoms with Gasteiger partial charge in [0.25, 0.3) is 0 Å². The molecule has 4 heteroatoms. The van der Waals surface area contributed by atoms with Gasteiger partial charge in [-0.05, 0) is 32.2 Å². The zero-order valence-corrected chi connectivity index (χ0v) is 11.7. The molecule has 0 amide bonds. The van der Waals surface area contributed by atoms with Crippen molar-refractivity contribution >= 4 is 0 Å². The predicted molar refractivity (Wildman–Crippen MR) is 74.0 cm³/mol. The van der Waals surface area contributed by atoms with Crippen LogP contribution >= 0.6 is 0 Å². The maximum atomic E-state index is 5.51. The summed E-state index contributed by atoms with van der Waals surface area (Å²) < 4.78 is 5.51. The van der Waals surface area contributed by atoms with E-state index in [1.54, 1.807) is 0 Å². The highest BCUT2D eigenvalue weighted by Crippen LogP contribution is 2.30. The summed E-state index contributed by atoms with van der Waals surface area (Å²) >= 11 is 0. The Bertz CT molecular complexity index is 376. The third kappa shape index (κ3) is 3.35. The van der Waals surface area contributed by atoms with E-state index in [9.17, 15) is 0 Å². The smallest absolute Gasteiger partial charge is 0.243 e. The average Bonchev–Trinajstić information content (AvgIpc) is 2.89. The van der Waals surface area contributed by atoms with Crippen molar-refractivity contribution < 1.29 is 4.52 Å². The van der Waals surface area contributed by atoms with Crippen molar-refractivity contribution in [3.05, 3.63) is 11.7 Å². The lowest BCUT2D eigenvalue weighted by Crippen LogP contribution is -2.27. The number of nitrogens with zero attached hydrogens (tertiary/aromatic N) is 2. The van der Waals surface area contributed by atoms with Crippen LogP contribution in [0, 0.1) is 0 Å². The minimum atomic E-state index is 0.295. The Labute approximate surface area is 115 Å². The van der Waals surface area contributed by atoms with Gasteiger partial charge in [0.1, 0.15) is 0 Å². The second kappa shape index (κ2) is 6.51. The Morgan fingerprint density at radius 3 is 2.37 bits per heavy atom. The van der Waals surface area contributed by atoms with Gasteiger partial charge in [-0.3, -0.25) is 0 Å². The van der Waals surface area contributed by atoms with Gasteiger partial charge in [-0.2, -0.15) is 4.98 Å². The molecule has 1 aromatic heterocycles. The van der Waals surface area contributed by atoms with Gasteiger partial charge in [0.2, 0.25) is 5.89 Å². The zero-order chi connectivity index (χ0) is 12.9. The van der Waals surface area contributed by atoms with E-state index in [1.165, 1.54) is 57.8 Å². The molecular weight excluding hydrogens is 238 g/mol. The number of hydrogen-bond donors (Lipinski definition) is 1. The van der Waals surface area contributed by atoms with Crippen LogP contribution < -0.4 is 5.32 Å². The zero-order valence-electron chi connectivity index (χ0n) is 11.7. The second-order valence-electron chi connectivity index (χ2n) is 6.04. The topological polar surface area (TPSA) is 51.0 Å². The molecule has 3 rings (SSSR count). The van der Waals surface area contributed by atoms with Gasteiger partial charge in [-0.15, -0.1) is 0 Å². The summed E-state index contributed by atoms with van der Waals surface area (Å²) in [5, 5.41) is 7.74. The van der Waals surface area contributed by atoms with Crippen LogP contribution in [0.1, 0.15) is 87.9 Å². The normalized spacial score (nSPS) is 26.8. The van der Waals surface area contributed by atoms with Crippen molar-refractivity contribution in [2.24, 2.45) is 0 Å². The van der Waals surface area contributed by atoms with Gasteiger partial charge < -0.3 is 9.84 Å².